The van der Waals surface area contributed by atoms with Crippen LogP contribution in [-0.2, 0) is 10.8 Å². The largest absolute Gasteiger partial charge is 0.415 e. The van der Waals surface area contributed by atoms with Crippen LogP contribution >= 0.6 is 0 Å². The van der Waals surface area contributed by atoms with E-state index in [2.05, 4.69) is 20.4 Å². The summed E-state index contributed by atoms with van der Waals surface area (Å²) in [6.45, 7) is 8.23. The summed E-state index contributed by atoms with van der Waals surface area (Å²) in [6, 6.07) is 15.0. The van der Waals surface area contributed by atoms with Gasteiger partial charge in [0, 0.05) is 41.2 Å². The van der Waals surface area contributed by atoms with Crippen LogP contribution in [-0.4, -0.2) is 35.1 Å². The number of rotatable bonds is 7. The molecule has 1 atom stereocenters. The second kappa shape index (κ2) is 13.7. The standard InChI is InChI=1S/C26H30F3NOS.C3H8/c1-19(26(27,28)29)16-25(30(2)18-20-8-5-4-6-9-20)22-14-12-21(13-15-22)23-10-7-11-24(17-23)32(3)31;1-3-2/h7,10-17,20H,1,4-6,8-9,18H2,2-3H3;3H2,1-2H3/b25-16-;. The van der Waals surface area contributed by atoms with Crippen LogP contribution in [0.4, 0.5) is 13.2 Å². The third-order valence-corrected chi connectivity index (χ3v) is 6.94. The number of halogens is 3. The topological polar surface area (TPSA) is 20.3 Å². The van der Waals surface area contributed by atoms with Gasteiger partial charge >= 0.3 is 6.18 Å². The van der Waals surface area contributed by atoms with E-state index in [4.69, 9.17) is 0 Å². The number of allylic oxidation sites excluding steroid dienone is 2. The summed E-state index contributed by atoms with van der Waals surface area (Å²) in [6.07, 6.45) is 5.41. The van der Waals surface area contributed by atoms with Gasteiger partial charge in [-0.3, -0.25) is 4.21 Å². The van der Waals surface area contributed by atoms with Gasteiger partial charge in [-0.25, -0.2) is 0 Å². The first-order valence-electron chi connectivity index (χ1n) is 12.3. The molecule has 1 fully saturated rings. The van der Waals surface area contributed by atoms with Gasteiger partial charge in [0.25, 0.3) is 0 Å². The lowest BCUT2D eigenvalue weighted by atomic mass is 9.88. The van der Waals surface area contributed by atoms with Crippen molar-refractivity contribution in [1.82, 2.24) is 4.90 Å². The molecule has 1 aliphatic carbocycles. The van der Waals surface area contributed by atoms with Gasteiger partial charge in [-0.2, -0.15) is 13.2 Å². The highest BCUT2D eigenvalue weighted by molar-refractivity contribution is 7.84. The van der Waals surface area contributed by atoms with Gasteiger partial charge in [0.05, 0.1) is 5.57 Å². The molecule has 0 heterocycles. The first-order valence-corrected chi connectivity index (χ1v) is 13.9. The van der Waals surface area contributed by atoms with Crippen LogP contribution in [0.3, 0.4) is 0 Å². The molecule has 0 aliphatic heterocycles. The van der Waals surface area contributed by atoms with Crippen LogP contribution in [0.1, 0.15) is 57.9 Å². The maximum atomic E-state index is 13.2. The fourth-order valence-corrected chi connectivity index (χ4v) is 4.77. The van der Waals surface area contributed by atoms with E-state index in [1.54, 1.807) is 6.26 Å². The minimum atomic E-state index is -4.47. The molecule has 0 amide bonds. The van der Waals surface area contributed by atoms with E-state index in [0.717, 1.165) is 41.5 Å². The maximum Gasteiger partial charge on any atom is 0.415 e. The first kappa shape index (κ1) is 28.9. The van der Waals surface area contributed by atoms with Crippen molar-refractivity contribution >= 4 is 16.5 Å². The normalized spacial score (nSPS) is 15.7. The monoisotopic (exact) mass is 505 g/mol. The molecule has 0 bridgehead atoms. The smallest absolute Gasteiger partial charge is 0.374 e. The van der Waals surface area contributed by atoms with Gasteiger partial charge < -0.3 is 4.90 Å². The van der Waals surface area contributed by atoms with E-state index in [9.17, 15) is 17.4 Å². The lowest BCUT2D eigenvalue weighted by Gasteiger charge is -2.30. The predicted molar refractivity (Wildman–Crippen MR) is 143 cm³/mol. The van der Waals surface area contributed by atoms with E-state index in [1.807, 2.05) is 60.5 Å². The summed E-state index contributed by atoms with van der Waals surface area (Å²) in [5.74, 6) is 0.494. The Hall–Kier alpha value is -2.34. The Kier molecular flexibility index (Phi) is 11.3. The van der Waals surface area contributed by atoms with E-state index >= 15 is 0 Å². The molecule has 0 aromatic heterocycles. The van der Waals surface area contributed by atoms with Gasteiger partial charge in [0.2, 0.25) is 0 Å². The molecule has 2 aromatic rings. The number of hydrogen-bond acceptors (Lipinski definition) is 2. The third kappa shape index (κ3) is 8.99. The van der Waals surface area contributed by atoms with Gasteiger partial charge in [0.1, 0.15) is 0 Å². The average molecular weight is 506 g/mol. The van der Waals surface area contributed by atoms with E-state index in [-0.39, 0.29) is 0 Å². The highest BCUT2D eigenvalue weighted by Gasteiger charge is 2.31. The van der Waals surface area contributed by atoms with E-state index in [1.165, 1.54) is 25.7 Å². The molecule has 1 saturated carbocycles. The van der Waals surface area contributed by atoms with Gasteiger partial charge in [-0.15, -0.1) is 0 Å². The molecule has 2 aromatic carbocycles. The summed E-state index contributed by atoms with van der Waals surface area (Å²) in [7, 11) is 0.777. The predicted octanol–water partition coefficient (Wildman–Crippen LogP) is 8.48. The zero-order valence-corrected chi connectivity index (χ0v) is 22.1. The average Bonchev–Trinajstić information content (AvgIpc) is 2.83. The van der Waals surface area contributed by atoms with Crippen molar-refractivity contribution in [1.29, 1.82) is 0 Å². The molecule has 1 unspecified atom stereocenters. The van der Waals surface area contributed by atoms with Crippen molar-refractivity contribution in [2.45, 2.75) is 63.4 Å². The van der Waals surface area contributed by atoms with Crippen molar-refractivity contribution < 1.29 is 17.4 Å². The molecular formula is C29H38F3NOS. The Morgan fingerprint density at radius 2 is 1.66 bits per heavy atom. The Bertz CT molecular complexity index is 1010. The van der Waals surface area contributed by atoms with Crippen molar-refractivity contribution in [2.24, 2.45) is 5.92 Å². The Morgan fingerprint density at radius 3 is 2.20 bits per heavy atom. The van der Waals surface area contributed by atoms with Crippen LogP contribution in [0.15, 0.2) is 71.7 Å². The number of hydrogen-bond donors (Lipinski definition) is 0. The highest BCUT2D eigenvalue weighted by Crippen LogP contribution is 2.32. The summed E-state index contributed by atoms with van der Waals surface area (Å²) < 4.78 is 51.5. The molecule has 192 valence electrons. The van der Waals surface area contributed by atoms with E-state index < -0.39 is 22.5 Å². The lowest BCUT2D eigenvalue weighted by Crippen LogP contribution is -2.26. The number of benzene rings is 2. The molecular weight excluding hydrogens is 467 g/mol. The van der Waals surface area contributed by atoms with Crippen molar-refractivity contribution in [3.8, 4) is 11.1 Å². The van der Waals surface area contributed by atoms with Gasteiger partial charge in [0.15, 0.2) is 0 Å². The summed E-state index contributed by atoms with van der Waals surface area (Å²) in [4.78, 5) is 2.67. The Balaban J connectivity index is 0.00000137. The molecule has 2 nitrogen and oxygen atoms in total. The van der Waals surface area contributed by atoms with Gasteiger partial charge in [-0.05, 0) is 53.7 Å². The van der Waals surface area contributed by atoms with Crippen LogP contribution in [0, 0.1) is 5.92 Å². The summed E-state index contributed by atoms with van der Waals surface area (Å²) in [5.41, 5.74) is 2.22. The van der Waals surface area contributed by atoms with Crippen LogP contribution in [0.2, 0.25) is 0 Å². The first-order chi connectivity index (χ1) is 16.6. The van der Waals surface area contributed by atoms with Crippen LogP contribution < -0.4 is 0 Å². The second-order valence-corrected chi connectivity index (χ2v) is 10.6. The SMILES string of the molecule is C=C(/C=C(/c1ccc(-c2cccc(S(C)=O)c2)cc1)N(C)CC1CCCCC1)C(F)(F)F.CCC. The molecule has 0 spiro atoms. The van der Waals surface area contributed by atoms with Crippen molar-refractivity contribution in [2.75, 3.05) is 19.8 Å². The van der Waals surface area contributed by atoms with Crippen LogP contribution in [0.5, 0.6) is 0 Å². The number of nitrogens with zero attached hydrogens (tertiary/aromatic N) is 1. The van der Waals surface area contributed by atoms with Crippen molar-refractivity contribution in [3.63, 3.8) is 0 Å². The summed E-state index contributed by atoms with van der Waals surface area (Å²) in [5, 5.41) is 0. The molecule has 6 heteroatoms. The zero-order chi connectivity index (χ0) is 26.0. The summed E-state index contributed by atoms with van der Waals surface area (Å²) >= 11 is 0. The fraction of sp³-hybridized carbons (Fsp3) is 0.448. The lowest BCUT2D eigenvalue weighted by molar-refractivity contribution is -0.0878. The Morgan fingerprint density at radius 1 is 1.06 bits per heavy atom. The molecule has 0 radical (unpaired) electrons. The minimum absolute atomic E-state index is 0.494. The van der Waals surface area contributed by atoms with Crippen molar-refractivity contribution in [3.05, 3.63) is 72.3 Å². The molecule has 1 aliphatic rings. The molecule has 35 heavy (non-hydrogen) atoms. The molecule has 3 rings (SSSR count). The number of alkyl halides is 3. The zero-order valence-electron chi connectivity index (χ0n) is 21.3. The maximum absolute atomic E-state index is 13.2. The second-order valence-electron chi connectivity index (χ2n) is 9.20. The quantitative estimate of drug-likeness (QED) is 0.352. The Labute approximate surface area is 211 Å². The third-order valence-electron chi connectivity index (χ3n) is 6.02. The fourth-order valence-electron chi connectivity index (χ4n) is 4.20. The highest BCUT2D eigenvalue weighted by atomic mass is 32.2. The minimum Gasteiger partial charge on any atom is -0.374 e. The molecule has 0 saturated heterocycles. The van der Waals surface area contributed by atoms with E-state index in [0.29, 0.717) is 17.2 Å². The van der Waals surface area contributed by atoms with Gasteiger partial charge in [-0.1, -0.05) is 82.5 Å². The van der Waals surface area contributed by atoms with Crippen LogP contribution in [0.25, 0.3) is 16.8 Å². The molecule has 0 N–H and O–H groups in total.